The van der Waals surface area contributed by atoms with Crippen LogP contribution in [0.1, 0.15) is 27.7 Å². The van der Waals surface area contributed by atoms with E-state index in [0.717, 1.165) is 27.7 Å². The van der Waals surface area contributed by atoms with Gasteiger partial charge in [-0.2, -0.15) is 0 Å². The minimum absolute atomic E-state index is 0.366. The van der Waals surface area contributed by atoms with Gasteiger partial charge < -0.3 is 28.8 Å². The summed E-state index contributed by atoms with van der Waals surface area (Å²) in [6, 6.07) is 0. The Labute approximate surface area is 137 Å². The Balaban J connectivity index is 3.08. The molecule has 1 aliphatic heterocycles. The molecule has 0 spiro atoms. The van der Waals surface area contributed by atoms with Crippen molar-refractivity contribution < 1.29 is 48.0 Å². The molecule has 5 atom stereocenters. The Morgan fingerprint density at radius 2 is 1.33 bits per heavy atom. The van der Waals surface area contributed by atoms with Crippen LogP contribution in [0.5, 0.6) is 0 Å². The van der Waals surface area contributed by atoms with E-state index >= 15 is 0 Å². The maximum absolute atomic E-state index is 11.3. The quantitative estimate of drug-likeness (QED) is 0.490. The molecule has 136 valence electrons. The van der Waals surface area contributed by atoms with E-state index in [2.05, 4.69) is 0 Å². The predicted octanol–water partition coefficient (Wildman–Crippen LogP) is -0.938. The summed E-state index contributed by atoms with van der Waals surface area (Å²) in [6.07, 6.45) is -6.83. The number of rotatable bonds is 5. The summed E-state index contributed by atoms with van der Waals surface area (Å²) in [5, 5.41) is 10.2. The van der Waals surface area contributed by atoms with Crippen molar-refractivity contribution in [2.75, 3.05) is 6.61 Å². The topological polar surface area (TPSA) is 135 Å². The fourth-order valence-electron chi connectivity index (χ4n) is 2.15. The number of carbonyl (C=O) groups excluding carboxylic acids is 4. The SMILES string of the molecule is CC(=O)OCC1O[C@H](OC(C)=O)C(O)[C@H](OC(C)=O)[C@@H]1OC(C)=O. The number of hydrogen-bond acceptors (Lipinski definition) is 10. The Morgan fingerprint density at radius 1 is 0.833 bits per heavy atom. The maximum atomic E-state index is 11.3. The molecule has 1 saturated heterocycles. The van der Waals surface area contributed by atoms with Gasteiger partial charge >= 0.3 is 23.9 Å². The number of ether oxygens (including phenoxy) is 5. The highest BCUT2D eigenvalue weighted by molar-refractivity contribution is 5.68. The predicted molar refractivity (Wildman–Crippen MR) is 74.2 cm³/mol. The third-order valence-corrected chi connectivity index (χ3v) is 2.95. The molecule has 1 rings (SSSR count). The summed E-state index contributed by atoms with van der Waals surface area (Å²) in [5.41, 5.74) is 0. The second-order valence-corrected chi connectivity index (χ2v) is 5.09. The molecule has 0 radical (unpaired) electrons. The molecule has 10 nitrogen and oxygen atoms in total. The van der Waals surface area contributed by atoms with Gasteiger partial charge in [-0.15, -0.1) is 0 Å². The van der Waals surface area contributed by atoms with Crippen molar-refractivity contribution >= 4 is 23.9 Å². The van der Waals surface area contributed by atoms with E-state index in [9.17, 15) is 24.3 Å². The van der Waals surface area contributed by atoms with Crippen molar-refractivity contribution in [3.8, 4) is 0 Å². The molecule has 1 aliphatic rings. The van der Waals surface area contributed by atoms with E-state index in [1.807, 2.05) is 0 Å². The van der Waals surface area contributed by atoms with Gasteiger partial charge in [0.05, 0.1) is 0 Å². The zero-order chi connectivity index (χ0) is 18.4. The van der Waals surface area contributed by atoms with E-state index in [4.69, 9.17) is 23.7 Å². The Kier molecular flexibility index (Phi) is 7.11. The van der Waals surface area contributed by atoms with Crippen molar-refractivity contribution in [1.29, 1.82) is 0 Å². The van der Waals surface area contributed by atoms with Gasteiger partial charge in [0.2, 0.25) is 6.29 Å². The molecule has 1 N–H and O–H groups in total. The van der Waals surface area contributed by atoms with E-state index in [0.29, 0.717) is 0 Å². The standard InChI is InChI=1S/C14H20O10/c1-6(15)20-5-10-12(21-7(2)16)13(22-8(3)17)11(19)14(24-10)23-9(4)18/h10-14,19H,5H2,1-4H3/t10?,11?,12-,13+,14+/m1/s1. The Morgan fingerprint density at radius 3 is 1.79 bits per heavy atom. The summed E-state index contributed by atoms with van der Waals surface area (Å²) in [4.78, 5) is 44.7. The van der Waals surface area contributed by atoms with Crippen LogP contribution in [0.15, 0.2) is 0 Å². The van der Waals surface area contributed by atoms with Crippen LogP contribution >= 0.6 is 0 Å². The van der Waals surface area contributed by atoms with E-state index < -0.39 is 54.6 Å². The first-order valence-electron chi connectivity index (χ1n) is 7.10. The lowest BCUT2D eigenvalue weighted by molar-refractivity contribution is -0.297. The second kappa shape index (κ2) is 8.60. The number of hydrogen-bond donors (Lipinski definition) is 1. The van der Waals surface area contributed by atoms with Crippen molar-refractivity contribution in [2.45, 2.75) is 58.4 Å². The van der Waals surface area contributed by atoms with Crippen molar-refractivity contribution in [2.24, 2.45) is 0 Å². The van der Waals surface area contributed by atoms with Gasteiger partial charge in [0, 0.05) is 27.7 Å². The summed E-state index contributed by atoms with van der Waals surface area (Å²) in [7, 11) is 0. The Hall–Kier alpha value is -2.20. The van der Waals surface area contributed by atoms with Crippen molar-refractivity contribution in [1.82, 2.24) is 0 Å². The smallest absolute Gasteiger partial charge is 0.305 e. The van der Waals surface area contributed by atoms with Crippen LogP contribution in [0.4, 0.5) is 0 Å². The average molecular weight is 348 g/mol. The third kappa shape index (κ3) is 5.78. The fraction of sp³-hybridized carbons (Fsp3) is 0.714. The van der Waals surface area contributed by atoms with Crippen LogP contribution in [0.25, 0.3) is 0 Å². The molecule has 1 heterocycles. The van der Waals surface area contributed by atoms with Crippen molar-refractivity contribution in [3.63, 3.8) is 0 Å². The summed E-state index contributed by atoms with van der Waals surface area (Å²) in [5.74, 6) is -2.87. The van der Waals surface area contributed by atoms with Crippen LogP contribution in [0.2, 0.25) is 0 Å². The first-order chi connectivity index (χ1) is 11.1. The average Bonchev–Trinajstić information content (AvgIpc) is 2.42. The number of aliphatic hydroxyl groups is 1. The zero-order valence-electron chi connectivity index (χ0n) is 13.7. The molecule has 0 aliphatic carbocycles. The number of esters is 4. The van der Waals surface area contributed by atoms with Gasteiger partial charge in [0.25, 0.3) is 0 Å². The van der Waals surface area contributed by atoms with Gasteiger partial charge in [-0.3, -0.25) is 19.2 Å². The van der Waals surface area contributed by atoms with E-state index in [-0.39, 0.29) is 6.61 Å². The van der Waals surface area contributed by atoms with Crippen LogP contribution in [0, 0.1) is 0 Å². The Bertz CT molecular complexity index is 486. The van der Waals surface area contributed by atoms with Crippen LogP contribution in [-0.4, -0.2) is 66.3 Å². The minimum atomic E-state index is -1.60. The largest absolute Gasteiger partial charge is 0.463 e. The van der Waals surface area contributed by atoms with Crippen LogP contribution < -0.4 is 0 Å². The lowest BCUT2D eigenvalue weighted by atomic mass is 9.98. The summed E-state index contributed by atoms with van der Waals surface area (Å²) >= 11 is 0. The molecule has 24 heavy (non-hydrogen) atoms. The first kappa shape index (κ1) is 19.8. The monoisotopic (exact) mass is 348 g/mol. The van der Waals surface area contributed by atoms with Gasteiger partial charge in [-0.05, 0) is 0 Å². The molecule has 0 aromatic rings. The first-order valence-corrected chi connectivity index (χ1v) is 7.10. The zero-order valence-corrected chi connectivity index (χ0v) is 13.7. The lowest BCUT2D eigenvalue weighted by Gasteiger charge is -2.42. The molecule has 1 fully saturated rings. The van der Waals surface area contributed by atoms with E-state index in [1.165, 1.54) is 0 Å². The highest BCUT2D eigenvalue weighted by Gasteiger charge is 2.51. The van der Waals surface area contributed by atoms with Crippen LogP contribution in [-0.2, 0) is 42.9 Å². The summed E-state index contributed by atoms with van der Waals surface area (Å²) in [6.45, 7) is 4.09. The molecule has 0 amide bonds. The molecule has 10 heteroatoms. The van der Waals surface area contributed by atoms with Crippen LogP contribution in [0.3, 0.4) is 0 Å². The van der Waals surface area contributed by atoms with Gasteiger partial charge in [0.1, 0.15) is 12.7 Å². The summed E-state index contributed by atoms with van der Waals surface area (Å²) < 4.78 is 25.0. The maximum Gasteiger partial charge on any atom is 0.305 e. The molecular weight excluding hydrogens is 328 g/mol. The molecular formula is C14H20O10. The number of carbonyl (C=O) groups is 4. The molecule has 2 unspecified atom stereocenters. The van der Waals surface area contributed by atoms with Gasteiger partial charge in [-0.1, -0.05) is 0 Å². The fourth-order valence-corrected chi connectivity index (χ4v) is 2.15. The van der Waals surface area contributed by atoms with Gasteiger partial charge in [-0.25, -0.2) is 0 Å². The normalized spacial score (nSPS) is 29.3. The highest BCUT2D eigenvalue weighted by atomic mass is 16.7. The molecule has 0 aromatic heterocycles. The van der Waals surface area contributed by atoms with Crippen molar-refractivity contribution in [3.05, 3.63) is 0 Å². The second-order valence-electron chi connectivity index (χ2n) is 5.09. The highest BCUT2D eigenvalue weighted by Crippen LogP contribution is 2.27. The van der Waals surface area contributed by atoms with Gasteiger partial charge in [0.15, 0.2) is 18.3 Å². The third-order valence-electron chi connectivity index (χ3n) is 2.95. The molecule has 0 bridgehead atoms. The molecule has 0 saturated carbocycles. The van der Waals surface area contributed by atoms with E-state index in [1.54, 1.807) is 0 Å². The molecule has 0 aromatic carbocycles. The lowest BCUT2D eigenvalue weighted by Crippen LogP contribution is -2.62. The minimum Gasteiger partial charge on any atom is -0.463 e. The number of aliphatic hydroxyl groups excluding tert-OH is 1.